The molecule has 1 rings (SSSR count). The van der Waals surface area contributed by atoms with Gasteiger partial charge in [-0.15, -0.1) is 11.8 Å². The summed E-state index contributed by atoms with van der Waals surface area (Å²) in [7, 11) is 1.92. The smallest absolute Gasteiger partial charge is 0.227 e. The molecule has 3 nitrogen and oxygen atoms in total. The van der Waals surface area contributed by atoms with Crippen molar-refractivity contribution in [1.29, 1.82) is 0 Å². The first-order chi connectivity index (χ1) is 6.77. The van der Waals surface area contributed by atoms with Gasteiger partial charge >= 0.3 is 0 Å². The highest BCUT2D eigenvalue weighted by Gasteiger charge is 2.05. The first-order valence-corrected chi connectivity index (χ1v) is 5.56. The average molecular weight is 211 g/mol. The Kier molecular flexibility index (Phi) is 4.46. The molecule has 1 heterocycles. The Labute approximate surface area is 88.5 Å². The molecule has 0 saturated carbocycles. The highest BCUT2D eigenvalue weighted by atomic mass is 32.2. The lowest BCUT2D eigenvalue weighted by Crippen LogP contribution is -2.32. The van der Waals surface area contributed by atoms with Crippen LogP contribution in [0.2, 0.25) is 0 Å². The zero-order chi connectivity index (χ0) is 10.4. The summed E-state index contributed by atoms with van der Waals surface area (Å²) in [6.45, 7) is 2.16. The molecule has 0 spiro atoms. The monoisotopic (exact) mass is 211 g/mol. The van der Waals surface area contributed by atoms with Crippen molar-refractivity contribution in [2.24, 2.45) is 12.2 Å². The number of thioether (sulfide) groups is 1. The molecular weight excluding hydrogens is 196 g/mol. The van der Waals surface area contributed by atoms with E-state index in [0.717, 1.165) is 17.9 Å². The van der Waals surface area contributed by atoms with Gasteiger partial charge in [0.1, 0.15) is 13.3 Å². The molecule has 0 aliphatic heterocycles. The first-order valence-electron chi connectivity index (χ1n) is 4.58. The number of hydrogen-bond donors (Lipinski definition) is 1. The summed E-state index contributed by atoms with van der Waals surface area (Å²) in [6.07, 6.45) is 4.57. The van der Waals surface area contributed by atoms with Crippen LogP contribution in [0.15, 0.2) is 28.4 Å². The van der Waals surface area contributed by atoms with Crippen LogP contribution >= 0.6 is 11.8 Å². The molecule has 14 heavy (non-hydrogen) atoms. The Morgan fingerprint density at radius 1 is 1.64 bits per heavy atom. The van der Waals surface area contributed by atoms with Crippen LogP contribution in [0.5, 0.6) is 0 Å². The largest absolute Gasteiger partial charge is 0.411 e. The van der Waals surface area contributed by atoms with Crippen molar-refractivity contribution >= 4 is 18.0 Å². The fraction of sp³-hybridized carbons (Fsp3) is 0.400. The van der Waals surface area contributed by atoms with Crippen LogP contribution in [0, 0.1) is 0 Å². The van der Waals surface area contributed by atoms with Crippen molar-refractivity contribution < 1.29 is 9.77 Å². The standard InChI is InChI=1S/C10H14N2OS/c1-3-6-14-10-4-5-12(2)9(7-10)8-11-13/h4-5,7-8H,3,6H2,1-2H3/p+1. The number of aromatic nitrogens is 1. The molecule has 4 heteroatoms. The zero-order valence-electron chi connectivity index (χ0n) is 8.47. The molecule has 0 aliphatic rings. The van der Waals surface area contributed by atoms with Crippen LogP contribution in [-0.4, -0.2) is 17.2 Å². The van der Waals surface area contributed by atoms with E-state index in [-0.39, 0.29) is 0 Å². The van der Waals surface area contributed by atoms with Gasteiger partial charge in [-0.1, -0.05) is 12.1 Å². The van der Waals surface area contributed by atoms with Crippen molar-refractivity contribution in [3.8, 4) is 0 Å². The molecule has 0 aromatic carbocycles. The van der Waals surface area contributed by atoms with Crippen LogP contribution in [0.1, 0.15) is 19.0 Å². The minimum Gasteiger partial charge on any atom is -0.411 e. The number of oxime groups is 1. The second kappa shape index (κ2) is 5.65. The third-order valence-corrected chi connectivity index (χ3v) is 3.02. The van der Waals surface area contributed by atoms with Crippen LogP contribution < -0.4 is 4.57 Å². The van der Waals surface area contributed by atoms with Crippen LogP contribution in [-0.2, 0) is 7.05 Å². The molecule has 0 unspecified atom stereocenters. The fourth-order valence-corrected chi connectivity index (χ4v) is 1.87. The molecule has 0 aliphatic carbocycles. The summed E-state index contributed by atoms with van der Waals surface area (Å²) in [4.78, 5) is 1.21. The van der Waals surface area contributed by atoms with Crippen molar-refractivity contribution in [3.63, 3.8) is 0 Å². The van der Waals surface area contributed by atoms with Gasteiger partial charge in [-0.3, -0.25) is 0 Å². The summed E-state index contributed by atoms with van der Waals surface area (Å²) in [5.74, 6) is 1.11. The number of hydrogen-bond acceptors (Lipinski definition) is 3. The van der Waals surface area contributed by atoms with E-state index >= 15 is 0 Å². The van der Waals surface area contributed by atoms with Gasteiger partial charge in [-0.25, -0.2) is 4.57 Å². The maximum absolute atomic E-state index is 8.46. The normalized spacial score (nSPS) is 11.0. The molecule has 76 valence electrons. The third kappa shape index (κ3) is 3.03. The summed E-state index contributed by atoms with van der Waals surface area (Å²) in [5.41, 5.74) is 0.897. The molecule has 0 saturated heterocycles. The quantitative estimate of drug-likeness (QED) is 0.271. The molecule has 1 N–H and O–H groups in total. The Bertz CT molecular complexity index is 326. The zero-order valence-corrected chi connectivity index (χ0v) is 9.29. The summed E-state index contributed by atoms with van der Waals surface area (Å²) < 4.78 is 1.91. The van der Waals surface area contributed by atoms with E-state index in [4.69, 9.17) is 5.21 Å². The highest BCUT2D eigenvalue weighted by molar-refractivity contribution is 7.99. The Morgan fingerprint density at radius 3 is 3.07 bits per heavy atom. The minimum absolute atomic E-state index is 0.897. The number of rotatable bonds is 4. The van der Waals surface area contributed by atoms with Gasteiger partial charge in [0.25, 0.3) is 0 Å². The van der Waals surface area contributed by atoms with Gasteiger partial charge < -0.3 is 5.21 Å². The summed E-state index contributed by atoms with van der Waals surface area (Å²) >= 11 is 1.81. The van der Waals surface area contributed by atoms with Crippen LogP contribution in [0.4, 0.5) is 0 Å². The van der Waals surface area contributed by atoms with E-state index in [9.17, 15) is 0 Å². The Morgan fingerprint density at radius 2 is 2.43 bits per heavy atom. The van der Waals surface area contributed by atoms with E-state index < -0.39 is 0 Å². The molecule has 0 amide bonds. The Hall–Kier alpha value is -1.03. The minimum atomic E-state index is 0.897. The highest BCUT2D eigenvalue weighted by Crippen LogP contribution is 2.17. The number of aryl methyl sites for hydroxylation is 1. The van der Waals surface area contributed by atoms with Gasteiger partial charge in [0.2, 0.25) is 5.69 Å². The van der Waals surface area contributed by atoms with Gasteiger partial charge in [0.05, 0.1) is 0 Å². The van der Waals surface area contributed by atoms with Crippen molar-refractivity contribution in [2.45, 2.75) is 18.2 Å². The van der Waals surface area contributed by atoms with Crippen molar-refractivity contribution in [2.75, 3.05) is 5.75 Å². The fourth-order valence-electron chi connectivity index (χ4n) is 1.06. The lowest BCUT2D eigenvalue weighted by molar-refractivity contribution is -0.672. The summed E-state index contributed by atoms with van der Waals surface area (Å²) in [6, 6.07) is 4.08. The molecule has 0 radical (unpaired) electrons. The lowest BCUT2D eigenvalue weighted by atomic mass is 10.3. The van der Waals surface area contributed by atoms with E-state index in [2.05, 4.69) is 18.1 Å². The molecule has 1 aromatic rings. The molecule has 0 fully saturated rings. The first kappa shape index (κ1) is 11.0. The molecular formula is C10H15N2OS+. The van der Waals surface area contributed by atoms with Crippen molar-refractivity contribution in [3.05, 3.63) is 24.0 Å². The van der Waals surface area contributed by atoms with Gasteiger partial charge in [0.15, 0.2) is 6.20 Å². The van der Waals surface area contributed by atoms with E-state index in [0.29, 0.717) is 0 Å². The lowest BCUT2D eigenvalue weighted by Gasteiger charge is -1.99. The number of nitrogens with zero attached hydrogens (tertiary/aromatic N) is 2. The van der Waals surface area contributed by atoms with E-state index in [1.807, 2.05) is 35.6 Å². The van der Waals surface area contributed by atoms with Crippen molar-refractivity contribution in [1.82, 2.24) is 0 Å². The second-order valence-electron chi connectivity index (χ2n) is 2.99. The van der Waals surface area contributed by atoms with Gasteiger partial charge in [-0.05, 0) is 12.2 Å². The third-order valence-electron chi connectivity index (χ3n) is 1.82. The average Bonchev–Trinajstić information content (AvgIpc) is 2.19. The SMILES string of the molecule is CCCSc1cc[n+](C)c(/C=N/O)c1. The van der Waals surface area contributed by atoms with E-state index in [1.54, 1.807) is 0 Å². The van der Waals surface area contributed by atoms with Crippen LogP contribution in [0.25, 0.3) is 0 Å². The van der Waals surface area contributed by atoms with Gasteiger partial charge in [-0.2, -0.15) is 0 Å². The molecule has 0 atom stereocenters. The second-order valence-corrected chi connectivity index (χ2v) is 4.16. The van der Waals surface area contributed by atoms with Crippen LogP contribution in [0.3, 0.4) is 0 Å². The maximum atomic E-state index is 8.46. The molecule has 0 bridgehead atoms. The summed E-state index contributed by atoms with van der Waals surface area (Å²) in [5, 5.41) is 11.5. The van der Waals surface area contributed by atoms with Gasteiger partial charge in [0, 0.05) is 17.0 Å². The maximum Gasteiger partial charge on any atom is 0.227 e. The predicted octanol–water partition coefficient (Wildman–Crippen LogP) is 1.82. The van der Waals surface area contributed by atoms with E-state index in [1.165, 1.54) is 11.1 Å². The topological polar surface area (TPSA) is 36.5 Å². The number of pyridine rings is 1. The Balaban J connectivity index is 2.83. The molecule has 1 aromatic heterocycles. The predicted molar refractivity (Wildman–Crippen MR) is 58.0 cm³/mol.